The second kappa shape index (κ2) is 5.96. The van der Waals surface area contributed by atoms with Crippen LogP contribution in [0.15, 0.2) is 24.3 Å². The maximum atomic E-state index is 12.2. The van der Waals surface area contributed by atoms with E-state index in [2.05, 4.69) is 6.07 Å². The Bertz CT molecular complexity index is 481. The van der Waals surface area contributed by atoms with Crippen molar-refractivity contribution in [3.8, 4) is 0 Å². The van der Waals surface area contributed by atoms with Crippen molar-refractivity contribution in [2.24, 2.45) is 5.92 Å². The average Bonchev–Trinajstić information content (AvgIpc) is 2.67. The Kier molecular flexibility index (Phi) is 4.48. The summed E-state index contributed by atoms with van der Waals surface area (Å²) in [5, 5.41) is 11.1. The van der Waals surface area contributed by atoms with Crippen LogP contribution in [0.25, 0.3) is 0 Å². The highest BCUT2D eigenvalue weighted by Crippen LogP contribution is 2.42. The maximum absolute atomic E-state index is 12.2. The van der Waals surface area contributed by atoms with Gasteiger partial charge in [0.25, 0.3) is 0 Å². The van der Waals surface area contributed by atoms with Gasteiger partial charge in [0.1, 0.15) is 0 Å². The number of carbonyl (C=O) groups is 1. The average molecular weight is 276 g/mol. The highest BCUT2D eigenvalue weighted by molar-refractivity contribution is 5.81. The van der Waals surface area contributed by atoms with E-state index in [1.165, 1.54) is 12.7 Å². The summed E-state index contributed by atoms with van der Waals surface area (Å²) >= 11 is 0. The molecule has 2 unspecified atom stereocenters. The molecule has 1 N–H and O–H groups in total. The van der Waals surface area contributed by atoms with Gasteiger partial charge < -0.3 is 9.84 Å². The van der Waals surface area contributed by atoms with Crippen LogP contribution in [0.4, 0.5) is 0 Å². The third-order valence-corrected chi connectivity index (χ3v) is 4.54. The number of hydrogen-bond donors (Lipinski definition) is 1. The molecule has 1 aromatic carbocycles. The quantitative estimate of drug-likeness (QED) is 0.682. The number of methoxy groups -OCH3 is 1. The smallest absolute Gasteiger partial charge is 0.338 e. The van der Waals surface area contributed by atoms with Crippen molar-refractivity contribution in [1.82, 2.24) is 0 Å². The van der Waals surface area contributed by atoms with Gasteiger partial charge in [-0.25, -0.2) is 4.79 Å². The molecule has 110 valence electrons. The third-order valence-electron chi connectivity index (χ3n) is 4.54. The number of hydrogen-bond acceptors (Lipinski definition) is 3. The van der Waals surface area contributed by atoms with Crippen LogP contribution in [0.3, 0.4) is 0 Å². The minimum atomic E-state index is -1.45. The fourth-order valence-electron chi connectivity index (χ4n) is 3.32. The Labute approximate surface area is 121 Å². The second-order valence-electron chi connectivity index (χ2n) is 5.97. The topological polar surface area (TPSA) is 46.5 Å². The predicted molar refractivity (Wildman–Crippen MR) is 78.5 cm³/mol. The minimum absolute atomic E-state index is 0.186. The normalized spacial score (nSPS) is 21.8. The lowest BCUT2D eigenvalue weighted by Gasteiger charge is -2.37. The number of aliphatic hydroxyl groups is 1. The van der Waals surface area contributed by atoms with E-state index in [4.69, 9.17) is 4.74 Å². The molecule has 0 aliphatic heterocycles. The Balaban J connectivity index is 2.51. The lowest BCUT2D eigenvalue weighted by atomic mass is 9.72. The first-order valence-corrected chi connectivity index (χ1v) is 7.40. The van der Waals surface area contributed by atoms with Crippen LogP contribution in [0.2, 0.25) is 0 Å². The molecule has 1 aliphatic rings. The molecule has 1 aliphatic carbocycles. The molecule has 0 bridgehead atoms. The maximum Gasteiger partial charge on any atom is 0.338 e. The molecule has 0 saturated heterocycles. The van der Waals surface area contributed by atoms with Gasteiger partial charge in [-0.05, 0) is 36.3 Å². The summed E-state index contributed by atoms with van der Waals surface area (Å²) in [5.74, 6) is -0.894. The summed E-state index contributed by atoms with van der Waals surface area (Å²) < 4.78 is 4.90. The van der Waals surface area contributed by atoms with Crippen LogP contribution in [-0.2, 0) is 16.0 Å². The largest absolute Gasteiger partial charge is 0.467 e. The van der Waals surface area contributed by atoms with Crippen molar-refractivity contribution in [2.45, 2.75) is 51.0 Å². The van der Waals surface area contributed by atoms with Crippen molar-refractivity contribution < 1.29 is 14.6 Å². The van der Waals surface area contributed by atoms with E-state index in [0.29, 0.717) is 0 Å². The van der Waals surface area contributed by atoms with Crippen LogP contribution in [-0.4, -0.2) is 23.8 Å². The molecule has 0 saturated carbocycles. The molecular formula is C17H24O3. The summed E-state index contributed by atoms with van der Waals surface area (Å²) in [7, 11) is 1.35. The standard InChI is InChI=1S/C17H24O3/c1-12(2)17(19,16(18)20-3)15-11-7-5-9-13-8-4-6-10-14(13)15/h4,6,8,10,12,15,19H,5,7,9,11H2,1-3H3. The van der Waals surface area contributed by atoms with Gasteiger partial charge in [-0.2, -0.15) is 0 Å². The highest BCUT2D eigenvalue weighted by atomic mass is 16.5. The Morgan fingerprint density at radius 2 is 2.05 bits per heavy atom. The van der Waals surface area contributed by atoms with Gasteiger partial charge in [-0.15, -0.1) is 0 Å². The number of aryl methyl sites for hydroxylation is 1. The number of rotatable bonds is 3. The molecule has 0 spiro atoms. The SMILES string of the molecule is COC(=O)C(O)(C(C)C)C1CCCCc2ccccc21. The summed E-state index contributed by atoms with van der Waals surface area (Å²) in [6.45, 7) is 3.76. The first kappa shape index (κ1) is 15.0. The van der Waals surface area contributed by atoms with Crippen molar-refractivity contribution in [3.05, 3.63) is 35.4 Å². The first-order chi connectivity index (χ1) is 9.51. The summed E-state index contributed by atoms with van der Waals surface area (Å²) in [6, 6.07) is 8.15. The number of ether oxygens (including phenoxy) is 1. The summed E-state index contributed by atoms with van der Waals surface area (Å²) in [4.78, 5) is 12.2. The predicted octanol–water partition coefficient (Wildman–Crippen LogP) is 3.06. The van der Waals surface area contributed by atoms with Crippen LogP contribution in [0, 0.1) is 5.92 Å². The van der Waals surface area contributed by atoms with Gasteiger partial charge in [0, 0.05) is 5.92 Å². The van der Waals surface area contributed by atoms with Crippen molar-refractivity contribution in [3.63, 3.8) is 0 Å². The fourth-order valence-corrected chi connectivity index (χ4v) is 3.32. The van der Waals surface area contributed by atoms with Gasteiger partial charge in [-0.3, -0.25) is 0 Å². The van der Waals surface area contributed by atoms with Gasteiger partial charge >= 0.3 is 5.97 Å². The van der Waals surface area contributed by atoms with E-state index in [1.807, 2.05) is 32.0 Å². The van der Waals surface area contributed by atoms with Gasteiger partial charge in [0.2, 0.25) is 0 Å². The number of benzene rings is 1. The van der Waals surface area contributed by atoms with E-state index >= 15 is 0 Å². The molecule has 0 aromatic heterocycles. The molecule has 3 nitrogen and oxygen atoms in total. The minimum Gasteiger partial charge on any atom is -0.467 e. The number of esters is 1. The van der Waals surface area contributed by atoms with Crippen molar-refractivity contribution in [2.75, 3.05) is 7.11 Å². The van der Waals surface area contributed by atoms with E-state index < -0.39 is 11.6 Å². The zero-order valence-electron chi connectivity index (χ0n) is 12.6. The lowest BCUT2D eigenvalue weighted by molar-refractivity contribution is -0.171. The van der Waals surface area contributed by atoms with Crippen molar-refractivity contribution in [1.29, 1.82) is 0 Å². The van der Waals surface area contributed by atoms with E-state index in [9.17, 15) is 9.90 Å². The highest BCUT2D eigenvalue weighted by Gasteiger charge is 2.48. The Morgan fingerprint density at radius 1 is 1.35 bits per heavy atom. The molecule has 2 rings (SSSR count). The first-order valence-electron chi connectivity index (χ1n) is 7.40. The van der Waals surface area contributed by atoms with Crippen LogP contribution >= 0.6 is 0 Å². The molecule has 0 fully saturated rings. The van der Waals surface area contributed by atoms with Gasteiger partial charge in [-0.1, -0.05) is 44.5 Å². The molecular weight excluding hydrogens is 252 g/mol. The van der Waals surface area contributed by atoms with Gasteiger partial charge in [0.05, 0.1) is 7.11 Å². The number of carbonyl (C=O) groups excluding carboxylic acids is 1. The molecule has 1 aromatic rings. The second-order valence-corrected chi connectivity index (χ2v) is 5.97. The van der Waals surface area contributed by atoms with Crippen molar-refractivity contribution >= 4 is 5.97 Å². The molecule has 0 heterocycles. The Morgan fingerprint density at radius 3 is 2.70 bits per heavy atom. The van der Waals surface area contributed by atoms with Crippen LogP contribution in [0.1, 0.15) is 50.2 Å². The van der Waals surface area contributed by atoms with E-state index in [1.54, 1.807) is 0 Å². The monoisotopic (exact) mass is 276 g/mol. The van der Waals surface area contributed by atoms with E-state index in [0.717, 1.165) is 31.2 Å². The molecule has 3 heteroatoms. The zero-order chi connectivity index (χ0) is 14.8. The summed E-state index contributed by atoms with van der Waals surface area (Å²) in [6.07, 6.45) is 3.96. The fraction of sp³-hybridized carbons (Fsp3) is 0.588. The molecule has 20 heavy (non-hydrogen) atoms. The Hall–Kier alpha value is -1.35. The third kappa shape index (κ3) is 2.47. The molecule has 2 atom stereocenters. The van der Waals surface area contributed by atoms with E-state index in [-0.39, 0.29) is 11.8 Å². The summed E-state index contributed by atoms with van der Waals surface area (Å²) in [5.41, 5.74) is 0.902. The van der Waals surface area contributed by atoms with Gasteiger partial charge in [0.15, 0.2) is 5.60 Å². The van der Waals surface area contributed by atoms with Crippen LogP contribution in [0.5, 0.6) is 0 Å². The lowest BCUT2D eigenvalue weighted by Crippen LogP contribution is -2.50. The molecule has 0 amide bonds. The van der Waals surface area contributed by atoms with Crippen LogP contribution < -0.4 is 0 Å². The molecule has 0 radical (unpaired) electrons. The zero-order valence-corrected chi connectivity index (χ0v) is 12.6. The number of fused-ring (bicyclic) bond motifs is 1.